The van der Waals surface area contributed by atoms with Crippen molar-refractivity contribution in [2.75, 3.05) is 23.4 Å². The van der Waals surface area contributed by atoms with Gasteiger partial charge in [-0.25, -0.2) is 18.7 Å². The normalized spacial score (nSPS) is 13.0. The van der Waals surface area contributed by atoms with Crippen molar-refractivity contribution in [3.63, 3.8) is 0 Å². The van der Waals surface area contributed by atoms with Crippen molar-refractivity contribution in [2.24, 2.45) is 0 Å². The van der Waals surface area contributed by atoms with E-state index in [1.165, 1.54) is 19.2 Å². The van der Waals surface area contributed by atoms with Crippen molar-refractivity contribution in [1.29, 1.82) is 0 Å². The average Bonchev–Trinajstić information content (AvgIpc) is 2.75. The highest BCUT2D eigenvalue weighted by molar-refractivity contribution is 5.88. The van der Waals surface area contributed by atoms with Crippen molar-refractivity contribution in [1.82, 2.24) is 15.0 Å². The summed E-state index contributed by atoms with van der Waals surface area (Å²) in [6, 6.07) is 6.51. The first-order valence-corrected chi connectivity index (χ1v) is 10.3. The molecule has 1 aliphatic rings. The molecule has 0 saturated heterocycles. The Labute approximate surface area is 184 Å². The van der Waals surface area contributed by atoms with Gasteiger partial charge in [-0.15, -0.1) is 0 Å². The van der Waals surface area contributed by atoms with E-state index in [2.05, 4.69) is 20.3 Å². The summed E-state index contributed by atoms with van der Waals surface area (Å²) in [7, 11) is 0. The summed E-state index contributed by atoms with van der Waals surface area (Å²) >= 11 is 0. The van der Waals surface area contributed by atoms with Crippen molar-refractivity contribution >= 4 is 17.3 Å². The van der Waals surface area contributed by atoms with E-state index in [-0.39, 0.29) is 29.8 Å². The Balaban J connectivity index is 1.65. The third-order valence-corrected chi connectivity index (χ3v) is 5.09. The number of amides is 1. The van der Waals surface area contributed by atoms with E-state index in [1.54, 1.807) is 18.2 Å². The Hall–Kier alpha value is -3.62. The number of rotatable bonds is 5. The highest BCUT2D eigenvalue weighted by Gasteiger charge is 2.25. The minimum atomic E-state index is -0.644. The molecule has 0 unspecified atom stereocenters. The van der Waals surface area contributed by atoms with Gasteiger partial charge >= 0.3 is 0 Å². The van der Waals surface area contributed by atoms with Crippen LogP contribution in [0.4, 0.5) is 20.2 Å². The molecule has 0 radical (unpaired) electrons. The van der Waals surface area contributed by atoms with E-state index in [1.807, 2.05) is 18.7 Å². The highest BCUT2D eigenvalue weighted by atomic mass is 19.1. The van der Waals surface area contributed by atoms with Gasteiger partial charge < -0.3 is 15.0 Å². The molecule has 0 atom stereocenters. The Morgan fingerprint density at radius 2 is 2.00 bits per heavy atom. The summed E-state index contributed by atoms with van der Waals surface area (Å²) < 4.78 is 35.0. The van der Waals surface area contributed by atoms with Crippen LogP contribution < -0.4 is 15.0 Å². The minimum Gasteiger partial charge on any atom is -0.486 e. The van der Waals surface area contributed by atoms with Gasteiger partial charge in [-0.1, -0.05) is 0 Å². The van der Waals surface area contributed by atoms with E-state index < -0.39 is 11.6 Å². The van der Waals surface area contributed by atoms with Crippen LogP contribution in [-0.4, -0.2) is 40.1 Å². The van der Waals surface area contributed by atoms with Crippen molar-refractivity contribution in [2.45, 2.75) is 33.2 Å². The van der Waals surface area contributed by atoms with E-state index in [0.717, 1.165) is 6.20 Å². The fourth-order valence-corrected chi connectivity index (χ4v) is 3.63. The number of halogens is 2. The van der Waals surface area contributed by atoms with Gasteiger partial charge in [0.1, 0.15) is 18.1 Å². The molecular weight excluding hydrogens is 416 g/mol. The molecule has 9 heteroatoms. The van der Waals surface area contributed by atoms with Gasteiger partial charge in [-0.2, -0.15) is 0 Å². The Morgan fingerprint density at radius 3 is 2.69 bits per heavy atom. The van der Waals surface area contributed by atoms with Crippen molar-refractivity contribution in [3.05, 3.63) is 59.8 Å². The molecule has 0 fully saturated rings. The average molecular weight is 439 g/mol. The fourth-order valence-electron chi connectivity index (χ4n) is 3.63. The number of hydrogen-bond donors (Lipinski definition) is 1. The topological polar surface area (TPSA) is 80.2 Å². The fraction of sp³-hybridized carbons (Fsp3) is 0.304. The summed E-state index contributed by atoms with van der Waals surface area (Å²) in [6.07, 6.45) is 2.86. The number of hydrogen-bond acceptors (Lipinski definition) is 6. The lowest BCUT2D eigenvalue weighted by Crippen LogP contribution is -2.38. The zero-order valence-corrected chi connectivity index (χ0v) is 18.0. The number of benzene rings is 1. The van der Waals surface area contributed by atoms with Crippen molar-refractivity contribution in [3.8, 4) is 17.0 Å². The summed E-state index contributed by atoms with van der Waals surface area (Å²) in [5.74, 6) is -0.875. The predicted molar refractivity (Wildman–Crippen MR) is 117 cm³/mol. The van der Waals surface area contributed by atoms with Crippen LogP contribution in [0.3, 0.4) is 0 Å². The summed E-state index contributed by atoms with van der Waals surface area (Å²) in [5.41, 5.74) is 2.13. The van der Waals surface area contributed by atoms with Gasteiger partial charge in [0.05, 0.1) is 36.7 Å². The van der Waals surface area contributed by atoms with Crippen LogP contribution in [0.1, 0.15) is 32.3 Å². The number of carbonyl (C=O) groups excluding carboxylic acids is 1. The number of nitrogens with zero attached hydrogens (tertiary/aromatic N) is 4. The maximum Gasteiger partial charge on any atom is 0.221 e. The van der Waals surface area contributed by atoms with Crippen LogP contribution in [0.25, 0.3) is 11.3 Å². The Morgan fingerprint density at radius 1 is 1.19 bits per heavy atom. The molecule has 0 aliphatic carbocycles. The maximum absolute atomic E-state index is 14.8. The predicted octanol–water partition coefficient (Wildman–Crippen LogP) is 3.97. The maximum atomic E-state index is 14.8. The summed E-state index contributed by atoms with van der Waals surface area (Å²) in [5, 5.41) is 2.64. The van der Waals surface area contributed by atoms with Crippen LogP contribution in [0, 0.1) is 11.6 Å². The van der Waals surface area contributed by atoms with Crippen LogP contribution >= 0.6 is 0 Å². The number of pyridine rings is 1. The number of aromatic nitrogens is 3. The molecule has 3 aromatic rings. The molecule has 0 spiro atoms. The number of anilines is 2. The lowest BCUT2D eigenvalue weighted by atomic mass is 10.1. The van der Waals surface area contributed by atoms with E-state index >= 15 is 0 Å². The van der Waals surface area contributed by atoms with Gasteiger partial charge in [-0.05, 0) is 38.1 Å². The first-order chi connectivity index (χ1) is 15.3. The number of fused-ring (bicyclic) bond motifs is 1. The molecule has 166 valence electrons. The third kappa shape index (κ3) is 4.51. The van der Waals surface area contributed by atoms with E-state index in [4.69, 9.17) is 4.74 Å². The van der Waals surface area contributed by atoms with Gasteiger partial charge in [0.2, 0.25) is 5.91 Å². The van der Waals surface area contributed by atoms with Crippen LogP contribution in [0.2, 0.25) is 0 Å². The van der Waals surface area contributed by atoms with Gasteiger partial charge in [0.25, 0.3) is 0 Å². The molecular formula is C23H23F2N5O2. The summed E-state index contributed by atoms with van der Waals surface area (Å²) in [6.45, 7) is 6.44. The molecule has 1 amide bonds. The monoisotopic (exact) mass is 439 g/mol. The zero-order valence-electron chi connectivity index (χ0n) is 18.0. The van der Waals surface area contributed by atoms with E-state index in [0.29, 0.717) is 41.6 Å². The second-order valence-electron chi connectivity index (χ2n) is 7.82. The number of nitrogens with one attached hydrogen (secondary N) is 1. The molecule has 1 N–H and O–H groups in total. The summed E-state index contributed by atoms with van der Waals surface area (Å²) in [4.78, 5) is 25.8. The lowest BCUT2D eigenvalue weighted by molar-refractivity contribution is -0.114. The first-order valence-electron chi connectivity index (χ1n) is 10.3. The SMILES string of the molecule is CC(=O)Nc1ccc(Cc2ncc(F)c(-c3cc(F)c4c(c3)N(C(C)C)CCO4)n2)nc1. The molecule has 0 saturated carbocycles. The van der Waals surface area contributed by atoms with Gasteiger partial charge in [0.15, 0.2) is 17.4 Å². The second-order valence-corrected chi connectivity index (χ2v) is 7.82. The van der Waals surface area contributed by atoms with Crippen LogP contribution in [0.5, 0.6) is 5.75 Å². The van der Waals surface area contributed by atoms with Gasteiger partial charge in [0, 0.05) is 24.2 Å². The molecule has 2 aromatic heterocycles. The van der Waals surface area contributed by atoms with Crippen molar-refractivity contribution < 1.29 is 18.3 Å². The second kappa shape index (κ2) is 8.86. The third-order valence-electron chi connectivity index (χ3n) is 5.09. The Bertz CT molecular complexity index is 1150. The quantitative estimate of drug-likeness (QED) is 0.648. The molecule has 32 heavy (non-hydrogen) atoms. The van der Waals surface area contributed by atoms with Gasteiger partial charge in [-0.3, -0.25) is 9.78 Å². The number of carbonyl (C=O) groups is 1. The largest absolute Gasteiger partial charge is 0.486 e. The molecule has 3 heterocycles. The molecule has 7 nitrogen and oxygen atoms in total. The smallest absolute Gasteiger partial charge is 0.221 e. The standard InChI is InChI=1S/C23H23F2N5O2/c1-13(2)30-6-7-32-23-18(24)8-15(9-20(23)30)22-19(25)12-27-21(29-22)10-16-4-5-17(11-26-16)28-14(3)31/h4-5,8-9,11-13H,6-7,10H2,1-3H3,(H,28,31). The lowest BCUT2D eigenvalue weighted by Gasteiger charge is -2.34. The number of ether oxygens (including phenoxy) is 1. The van der Waals surface area contributed by atoms with Crippen LogP contribution in [0.15, 0.2) is 36.7 Å². The van der Waals surface area contributed by atoms with E-state index in [9.17, 15) is 13.6 Å². The Kier molecular flexibility index (Phi) is 5.98. The molecule has 4 rings (SSSR count). The molecule has 0 bridgehead atoms. The molecule has 1 aliphatic heterocycles. The zero-order chi connectivity index (χ0) is 22.8. The first kappa shape index (κ1) is 21.6. The van der Waals surface area contributed by atoms with Crippen LogP contribution in [-0.2, 0) is 11.2 Å². The molecule has 1 aromatic carbocycles. The minimum absolute atomic E-state index is 0.0147. The highest BCUT2D eigenvalue weighted by Crippen LogP contribution is 2.39.